The lowest BCUT2D eigenvalue weighted by Crippen LogP contribution is -2.27. The summed E-state index contributed by atoms with van der Waals surface area (Å²) < 4.78 is 1.66. The summed E-state index contributed by atoms with van der Waals surface area (Å²) in [6.07, 6.45) is 12.4. The number of H-pyrrole nitrogens is 1. The number of nitrogens with zero attached hydrogens (tertiary/aromatic N) is 6. The lowest BCUT2D eigenvalue weighted by molar-refractivity contribution is 0.751. The first-order valence-corrected chi connectivity index (χ1v) is 10.8. The molecular weight excluding hydrogens is 420 g/mol. The zero-order valence-corrected chi connectivity index (χ0v) is 17.8. The van der Waals surface area contributed by atoms with Crippen molar-refractivity contribution >= 4 is 45.9 Å². The summed E-state index contributed by atoms with van der Waals surface area (Å²) in [7, 11) is 0. The molecule has 0 amide bonds. The number of aromatic nitrogens is 6. The molecule has 1 saturated heterocycles. The SMILES string of the molecule is C#Cc1cnn2cc(Sc3nc(N4CC[C@H](N)C4)c4c(Cl)c(CC)[nH]c4n3)cnc12. The van der Waals surface area contributed by atoms with Crippen LogP contribution in [0.1, 0.15) is 24.6 Å². The molecule has 4 aromatic rings. The van der Waals surface area contributed by atoms with Crippen LogP contribution in [0.5, 0.6) is 0 Å². The van der Waals surface area contributed by atoms with Gasteiger partial charge in [0, 0.05) is 37.2 Å². The zero-order valence-electron chi connectivity index (χ0n) is 16.3. The topological polar surface area (TPSA) is 101 Å². The van der Waals surface area contributed by atoms with Crippen molar-refractivity contribution in [2.75, 3.05) is 18.0 Å². The van der Waals surface area contributed by atoms with Crippen LogP contribution < -0.4 is 10.6 Å². The van der Waals surface area contributed by atoms with Gasteiger partial charge in [-0.3, -0.25) is 0 Å². The van der Waals surface area contributed by atoms with Crippen LogP contribution in [0.4, 0.5) is 5.82 Å². The Labute approximate surface area is 182 Å². The van der Waals surface area contributed by atoms with Gasteiger partial charge in [-0.2, -0.15) is 5.10 Å². The average Bonchev–Trinajstić information content (AvgIpc) is 3.44. The number of nitrogens with two attached hydrogens (primary N) is 1. The lowest BCUT2D eigenvalue weighted by atomic mass is 10.3. The smallest absolute Gasteiger partial charge is 0.196 e. The van der Waals surface area contributed by atoms with Gasteiger partial charge >= 0.3 is 0 Å². The van der Waals surface area contributed by atoms with Crippen LogP contribution in [-0.2, 0) is 6.42 Å². The summed E-state index contributed by atoms with van der Waals surface area (Å²) in [5.41, 5.74) is 9.13. The summed E-state index contributed by atoms with van der Waals surface area (Å²) in [5, 5.41) is 6.40. The molecule has 1 aliphatic rings. The molecule has 8 nitrogen and oxygen atoms in total. The first-order valence-electron chi connectivity index (χ1n) is 9.63. The van der Waals surface area contributed by atoms with Gasteiger partial charge < -0.3 is 15.6 Å². The van der Waals surface area contributed by atoms with E-state index < -0.39 is 0 Å². The fraction of sp³-hybridized carbons (Fsp3) is 0.300. The third-order valence-electron chi connectivity index (χ3n) is 5.20. The van der Waals surface area contributed by atoms with Crippen molar-refractivity contribution in [2.45, 2.75) is 35.9 Å². The minimum atomic E-state index is 0.131. The minimum absolute atomic E-state index is 0.131. The van der Waals surface area contributed by atoms with Crippen molar-refractivity contribution in [2.24, 2.45) is 5.73 Å². The molecule has 5 heterocycles. The molecule has 3 N–H and O–H groups in total. The highest BCUT2D eigenvalue weighted by Crippen LogP contribution is 2.37. The van der Waals surface area contributed by atoms with Crippen LogP contribution in [0.2, 0.25) is 5.02 Å². The summed E-state index contributed by atoms with van der Waals surface area (Å²) >= 11 is 8.07. The average molecular weight is 439 g/mol. The third-order valence-corrected chi connectivity index (χ3v) is 6.43. The molecule has 4 aromatic heterocycles. The maximum atomic E-state index is 6.66. The standard InChI is InChI=1S/C20H19ClN8S/c1-3-11-7-24-29-10-13(8-23-18(11)29)30-20-26-17-15(16(21)14(4-2)25-17)19(27-20)28-6-5-12(22)9-28/h1,7-8,10,12H,4-6,9,22H2,2H3,(H,25,26,27)/t12-/m0/s1. The summed E-state index contributed by atoms with van der Waals surface area (Å²) in [6.45, 7) is 3.64. The number of anilines is 1. The van der Waals surface area contributed by atoms with E-state index in [9.17, 15) is 0 Å². The molecule has 0 bridgehead atoms. The molecule has 30 heavy (non-hydrogen) atoms. The number of fused-ring (bicyclic) bond motifs is 2. The molecule has 0 aromatic carbocycles. The summed E-state index contributed by atoms with van der Waals surface area (Å²) in [5.74, 6) is 3.40. The van der Waals surface area contributed by atoms with Crippen LogP contribution in [0.25, 0.3) is 16.7 Å². The Morgan fingerprint density at radius 3 is 3.00 bits per heavy atom. The maximum Gasteiger partial charge on any atom is 0.196 e. The zero-order chi connectivity index (χ0) is 20.8. The second-order valence-electron chi connectivity index (χ2n) is 7.18. The van der Waals surface area contributed by atoms with Crippen molar-refractivity contribution in [1.82, 2.24) is 29.5 Å². The molecule has 10 heteroatoms. The number of terminal acetylenes is 1. The van der Waals surface area contributed by atoms with Crippen molar-refractivity contribution in [1.29, 1.82) is 0 Å². The largest absolute Gasteiger partial charge is 0.354 e. The predicted molar refractivity (Wildman–Crippen MR) is 118 cm³/mol. The van der Waals surface area contributed by atoms with Gasteiger partial charge in [0.25, 0.3) is 0 Å². The highest BCUT2D eigenvalue weighted by atomic mass is 35.5. The van der Waals surface area contributed by atoms with Gasteiger partial charge in [0.2, 0.25) is 0 Å². The number of hydrogen-bond acceptors (Lipinski definition) is 7. The molecule has 0 radical (unpaired) electrons. The molecule has 0 spiro atoms. The maximum absolute atomic E-state index is 6.66. The van der Waals surface area contributed by atoms with Gasteiger partial charge in [0.05, 0.1) is 27.1 Å². The van der Waals surface area contributed by atoms with Crippen LogP contribution in [0, 0.1) is 12.3 Å². The number of aromatic amines is 1. The van der Waals surface area contributed by atoms with E-state index in [0.29, 0.717) is 21.4 Å². The Balaban J connectivity index is 1.58. The van der Waals surface area contributed by atoms with Gasteiger partial charge in [0.1, 0.15) is 11.5 Å². The second kappa shape index (κ2) is 7.47. The predicted octanol–water partition coefficient (Wildman–Crippen LogP) is 2.89. The van der Waals surface area contributed by atoms with E-state index in [-0.39, 0.29) is 6.04 Å². The van der Waals surface area contributed by atoms with Crippen molar-refractivity contribution in [3.63, 3.8) is 0 Å². The molecule has 0 saturated carbocycles. The van der Waals surface area contributed by atoms with Crippen molar-refractivity contribution in [3.8, 4) is 12.3 Å². The van der Waals surface area contributed by atoms with E-state index in [2.05, 4.69) is 32.8 Å². The number of hydrogen-bond donors (Lipinski definition) is 2. The van der Waals surface area contributed by atoms with Gasteiger partial charge in [-0.1, -0.05) is 24.4 Å². The quantitative estimate of drug-likeness (QED) is 0.373. The lowest BCUT2D eigenvalue weighted by Gasteiger charge is -2.18. The number of aryl methyl sites for hydroxylation is 1. The second-order valence-corrected chi connectivity index (χ2v) is 8.60. The molecule has 1 fully saturated rings. The normalized spacial score (nSPS) is 16.6. The minimum Gasteiger partial charge on any atom is -0.354 e. The fourth-order valence-electron chi connectivity index (χ4n) is 3.69. The molecule has 0 aliphatic carbocycles. The molecule has 1 atom stereocenters. The number of halogens is 1. The Hall–Kier alpha value is -2.80. The van der Waals surface area contributed by atoms with Gasteiger partial charge in [0.15, 0.2) is 10.8 Å². The fourth-order valence-corrected chi connectivity index (χ4v) is 4.78. The highest BCUT2D eigenvalue weighted by molar-refractivity contribution is 7.99. The van der Waals surface area contributed by atoms with Crippen molar-refractivity contribution < 1.29 is 0 Å². The Morgan fingerprint density at radius 2 is 2.27 bits per heavy atom. The molecule has 0 unspecified atom stereocenters. The highest BCUT2D eigenvalue weighted by Gasteiger charge is 2.26. The third kappa shape index (κ3) is 3.17. The van der Waals surface area contributed by atoms with E-state index in [1.165, 1.54) is 11.8 Å². The van der Waals surface area contributed by atoms with Crippen LogP contribution >= 0.6 is 23.4 Å². The van der Waals surface area contributed by atoms with Crippen LogP contribution in [0.15, 0.2) is 28.6 Å². The summed E-state index contributed by atoms with van der Waals surface area (Å²) in [4.78, 5) is 20.4. The van der Waals surface area contributed by atoms with E-state index in [0.717, 1.165) is 53.4 Å². The molecule has 1 aliphatic heterocycles. The molecule has 152 valence electrons. The van der Waals surface area contributed by atoms with E-state index in [1.807, 2.05) is 6.20 Å². The molecular formula is C20H19ClN8S. The Morgan fingerprint density at radius 1 is 1.40 bits per heavy atom. The monoisotopic (exact) mass is 438 g/mol. The van der Waals surface area contributed by atoms with Crippen LogP contribution in [0.3, 0.4) is 0 Å². The van der Waals surface area contributed by atoms with Gasteiger partial charge in [-0.25, -0.2) is 19.5 Å². The molecule has 5 rings (SSSR count). The van der Waals surface area contributed by atoms with Gasteiger partial charge in [-0.05, 0) is 24.6 Å². The Bertz CT molecular complexity index is 1300. The number of nitrogens with one attached hydrogen (secondary N) is 1. The van der Waals surface area contributed by atoms with E-state index >= 15 is 0 Å². The first-order chi connectivity index (χ1) is 14.6. The number of rotatable bonds is 4. The van der Waals surface area contributed by atoms with Crippen LogP contribution in [-0.4, -0.2) is 48.7 Å². The van der Waals surface area contributed by atoms with Crippen molar-refractivity contribution in [3.05, 3.63) is 34.9 Å². The summed E-state index contributed by atoms with van der Waals surface area (Å²) in [6, 6.07) is 0.131. The Kier molecular flexibility index (Phi) is 4.77. The van der Waals surface area contributed by atoms with E-state index in [1.54, 1.807) is 16.9 Å². The van der Waals surface area contributed by atoms with E-state index in [4.69, 9.17) is 33.7 Å². The van der Waals surface area contributed by atoms with Gasteiger partial charge in [-0.15, -0.1) is 6.42 Å². The first kappa shape index (κ1) is 19.2.